The molecule has 148 valence electrons. The Morgan fingerprint density at radius 1 is 0.862 bits per heavy atom. The number of hydrogen-bond donors (Lipinski definition) is 3. The molecule has 0 fully saturated rings. The highest BCUT2D eigenvalue weighted by molar-refractivity contribution is 5.90. The van der Waals surface area contributed by atoms with Crippen LogP contribution in [-0.2, 0) is 19.3 Å². The Hall–Kier alpha value is -3.41. The van der Waals surface area contributed by atoms with Crippen molar-refractivity contribution in [3.8, 4) is 0 Å². The minimum absolute atomic E-state index is 0.651. The summed E-state index contributed by atoms with van der Waals surface area (Å²) in [7, 11) is 0. The van der Waals surface area contributed by atoms with Gasteiger partial charge in [-0.1, -0.05) is 43.3 Å². The van der Waals surface area contributed by atoms with Crippen LogP contribution in [0.3, 0.4) is 0 Å². The van der Waals surface area contributed by atoms with E-state index in [-0.39, 0.29) is 0 Å². The van der Waals surface area contributed by atoms with Crippen molar-refractivity contribution < 1.29 is 0 Å². The van der Waals surface area contributed by atoms with Crippen molar-refractivity contribution in [1.82, 2.24) is 19.9 Å². The maximum Gasteiger partial charge on any atom is 0.225 e. The van der Waals surface area contributed by atoms with E-state index >= 15 is 0 Å². The van der Waals surface area contributed by atoms with Crippen LogP contribution >= 0.6 is 0 Å². The minimum Gasteiger partial charge on any atom is -0.369 e. The Morgan fingerprint density at radius 3 is 2.45 bits per heavy atom. The van der Waals surface area contributed by atoms with Crippen LogP contribution in [0.5, 0.6) is 0 Å². The Bertz CT molecular complexity index is 1040. The molecule has 2 heterocycles. The van der Waals surface area contributed by atoms with Crippen molar-refractivity contribution in [2.75, 3.05) is 23.7 Å². The summed E-state index contributed by atoms with van der Waals surface area (Å²) >= 11 is 0. The number of imidazole rings is 1. The van der Waals surface area contributed by atoms with Crippen LogP contribution in [0.25, 0.3) is 10.9 Å². The number of aromatic nitrogens is 4. The van der Waals surface area contributed by atoms with Crippen LogP contribution in [0.4, 0.5) is 11.8 Å². The number of hydrogen-bond acceptors (Lipinski definition) is 5. The van der Waals surface area contributed by atoms with Crippen LogP contribution in [0.1, 0.15) is 23.7 Å². The highest BCUT2D eigenvalue weighted by Crippen LogP contribution is 2.21. The van der Waals surface area contributed by atoms with E-state index in [2.05, 4.69) is 56.8 Å². The van der Waals surface area contributed by atoms with Gasteiger partial charge in [0.15, 0.2) is 0 Å². The summed E-state index contributed by atoms with van der Waals surface area (Å²) in [6.07, 6.45) is 6.41. The third kappa shape index (κ3) is 4.90. The maximum atomic E-state index is 4.72. The zero-order valence-electron chi connectivity index (χ0n) is 16.7. The normalized spacial score (nSPS) is 10.9. The summed E-state index contributed by atoms with van der Waals surface area (Å²) in [5.74, 6) is 1.50. The van der Waals surface area contributed by atoms with Crippen molar-refractivity contribution in [2.45, 2.75) is 26.2 Å². The van der Waals surface area contributed by atoms with Gasteiger partial charge in [0, 0.05) is 36.8 Å². The highest BCUT2D eigenvalue weighted by atomic mass is 15.1. The lowest BCUT2D eigenvalue weighted by Crippen LogP contribution is -2.12. The molecule has 2 aromatic carbocycles. The molecule has 0 radical (unpaired) electrons. The molecule has 29 heavy (non-hydrogen) atoms. The molecule has 2 aromatic heterocycles. The second kappa shape index (κ2) is 9.19. The van der Waals surface area contributed by atoms with E-state index in [9.17, 15) is 0 Å². The number of fused-ring (bicyclic) bond motifs is 1. The van der Waals surface area contributed by atoms with Crippen LogP contribution in [0, 0.1) is 0 Å². The average Bonchev–Trinajstić information content (AvgIpc) is 3.28. The first kappa shape index (κ1) is 18.9. The third-order valence-electron chi connectivity index (χ3n) is 4.97. The number of nitrogens with one attached hydrogen (secondary N) is 3. The molecule has 0 saturated carbocycles. The maximum absolute atomic E-state index is 4.72. The van der Waals surface area contributed by atoms with Crippen LogP contribution in [-0.4, -0.2) is 33.0 Å². The molecule has 4 rings (SSSR count). The largest absolute Gasteiger partial charge is 0.369 e. The van der Waals surface area contributed by atoms with Gasteiger partial charge in [0.1, 0.15) is 5.82 Å². The molecule has 0 unspecified atom stereocenters. The van der Waals surface area contributed by atoms with Gasteiger partial charge >= 0.3 is 0 Å². The molecule has 0 aliphatic heterocycles. The van der Waals surface area contributed by atoms with Crippen LogP contribution < -0.4 is 10.6 Å². The van der Waals surface area contributed by atoms with Crippen LogP contribution in [0.2, 0.25) is 0 Å². The van der Waals surface area contributed by atoms with E-state index in [1.807, 2.05) is 30.5 Å². The first-order valence-electron chi connectivity index (χ1n) is 10.1. The average molecular weight is 387 g/mol. The van der Waals surface area contributed by atoms with Crippen molar-refractivity contribution in [1.29, 1.82) is 0 Å². The van der Waals surface area contributed by atoms with Gasteiger partial charge in [-0.15, -0.1) is 0 Å². The Labute approximate surface area is 170 Å². The van der Waals surface area contributed by atoms with Gasteiger partial charge in [0.25, 0.3) is 0 Å². The van der Waals surface area contributed by atoms with Crippen molar-refractivity contribution in [2.24, 2.45) is 0 Å². The van der Waals surface area contributed by atoms with Gasteiger partial charge in [-0.25, -0.2) is 9.97 Å². The predicted octanol–water partition coefficient (Wildman–Crippen LogP) is 4.22. The van der Waals surface area contributed by atoms with Gasteiger partial charge in [0.05, 0.1) is 11.8 Å². The number of benzene rings is 2. The van der Waals surface area contributed by atoms with E-state index in [0.29, 0.717) is 5.95 Å². The molecule has 0 amide bonds. The van der Waals surface area contributed by atoms with E-state index in [1.54, 1.807) is 6.33 Å². The molecule has 0 aliphatic rings. The third-order valence-corrected chi connectivity index (χ3v) is 4.97. The molecule has 6 heteroatoms. The molecule has 6 nitrogen and oxygen atoms in total. The smallest absolute Gasteiger partial charge is 0.225 e. The molecule has 0 spiro atoms. The molecule has 0 bridgehead atoms. The molecule has 3 N–H and O–H groups in total. The van der Waals surface area contributed by atoms with E-state index < -0.39 is 0 Å². The monoisotopic (exact) mass is 386 g/mol. The van der Waals surface area contributed by atoms with E-state index in [0.717, 1.165) is 54.8 Å². The van der Waals surface area contributed by atoms with E-state index in [4.69, 9.17) is 4.98 Å². The highest BCUT2D eigenvalue weighted by Gasteiger charge is 2.07. The predicted molar refractivity (Wildman–Crippen MR) is 118 cm³/mol. The first-order valence-corrected chi connectivity index (χ1v) is 10.1. The standard InChI is InChI=1S/C23H26N6/c1-2-17-7-9-18(10-8-17)11-13-26-23-28-21-6-4-3-5-20(21)22(29-23)25-14-12-19-15-24-16-27-19/h3-10,15-16H,2,11-14H2,1H3,(H,24,27)(H2,25,26,28,29). The summed E-state index contributed by atoms with van der Waals surface area (Å²) in [6.45, 7) is 3.73. The minimum atomic E-state index is 0.651. The lowest BCUT2D eigenvalue weighted by atomic mass is 10.1. The molecule has 0 saturated heterocycles. The fourth-order valence-corrected chi connectivity index (χ4v) is 3.29. The van der Waals surface area contributed by atoms with Gasteiger partial charge in [-0.3, -0.25) is 0 Å². The molecular formula is C23H26N6. The fourth-order valence-electron chi connectivity index (χ4n) is 3.29. The van der Waals surface area contributed by atoms with Gasteiger partial charge in [-0.2, -0.15) is 4.98 Å². The van der Waals surface area contributed by atoms with Gasteiger partial charge in [0.2, 0.25) is 5.95 Å². The molecule has 4 aromatic rings. The second-order valence-corrected chi connectivity index (χ2v) is 7.01. The van der Waals surface area contributed by atoms with Crippen molar-refractivity contribution >= 4 is 22.7 Å². The van der Waals surface area contributed by atoms with Gasteiger partial charge < -0.3 is 15.6 Å². The lowest BCUT2D eigenvalue weighted by Gasteiger charge is -2.12. The Kier molecular flexibility index (Phi) is 6.00. The summed E-state index contributed by atoms with van der Waals surface area (Å²) in [4.78, 5) is 16.6. The molecular weight excluding hydrogens is 360 g/mol. The first-order chi connectivity index (χ1) is 14.3. The number of rotatable bonds is 9. The Morgan fingerprint density at radius 2 is 1.66 bits per heavy atom. The number of anilines is 2. The summed E-state index contributed by atoms with van der Waals surface area (Å²) in [6, 6.07) is 16.9. The summed E-state index contributed by atoms with van der Waals surface area (Å²) < 4.78 is 0. The number of nitrogens with zero attached hydrogens (tertiary/aromatic N) is 3. The number of H-pyrrole nitrogens is 1. The quantitative estimate of drug-likeness (QED) is 0.401. The summed E-state index contributed by atoms with van der Waals surface area (Å²) in [5, 5.41) is 7.85. The van der Waals surface area contributed by atoms with E-state index in [1.165, 1.54) is 11.1 Å². The second-order valence-electron chi connectivity index (χ2n) is 7.01. The van der Waals surface area contributed by atoms with Crippen molar-refractivity contribution in [3.63, 3.8) is 0 Å². The van der Waals surface area contributed by atoms with Gasteiger partial charge in [-0.05, 0) is 36.1 Å². The molecule has 0 atom stereocenters. The van der Waals surface area contributed by atoms with Crippen LogP contribution in [0.15, 0.2) is 61.1 Å². The number of para-hydroxylation sites is 1. The molecule has 0 aliphatic carbocycles. The topological polar surface area (TPSA) is 78.5 Å². The zero-order chi connectivity index (χ0) is 19.9. The Balaban J connectivity index is 1.42. The number of aryl methyl sites for hydroxylation is 1. The SMILES string of the molecule is CCc1ccc(CCNc2nc(NCCc3cnc[nH]3)c3ccccc3n2)cc1. The zero-order valence-corrected chi connectivity index (χ0v) is 16.7. The lowest BCUT2D eigenvalue weighted by molar-refractivity contribution is 0.960. The fraction of sp³-hybridized carbons (Fsp3) is 0.261. The van der Waals surface area contributed by atoms with Crippen molar-refractivity contribution in [3.05, 3.63) is 77.9 Å². The number of aromatic amines is 1. The summed E-state index contributed by atoms with van der Waals surface area (Å²) in [5.41, 5.74) is 4.71.